The van der Waals surface area contributed by atoms with Crippen LogP contribution in [-0.2, 0) is 36.1 Å². The summed E-state index contributed by atoms with van der Waals surface area (Å²) in [4.78, 5) is 30.5. The van der Waals surface area contributed by atoms with Crippen molar-refractivity contribution in [1.29, 1.82) is 0 Å². The number of hydrogen-bond acceptors (Lipinski definition) is 8. The molecule has 3 saturated heterocycles. The highest BCUT2D eigenvalue weighted by Gasteiger charge is 2.69. The smallest absolute Gasteiger partial charge is 0.264 e. The molecule has 1 aromatic heterocycles. The standard InChI is InChI=1S/C41H54N4O8S2/c1-27(2)54(48,49)42-37(46)31-13-16-33-34(19-31)45(36(30-11-14-32(52-5)15-12-30)35(33)29-9-7-6-8-10-29)20-39(17-18-39)38(47)43-21-40-23-44(55(50,51)28(3)4)24-41(40,22-43)26-53-25-40/h11-16,19,27-29H,6-10,17-18,20-26H2,1-5H3,(H,42,46). The second-order valence-electron chi connectivity index (χ2n) is 17.5. The average Bonchev–Trinajstić information content (AvgIpc) is 3.45. The number of ether oxygens (including phenoxy) is 2. The van der Waals surface area contributed by atoms with Gasteiger partial charge in [-0.25, -0.2) is 25.9 Å². The molecule has 2 unspecified atom stereocenters. The number of carbonyl (C=O) groups is 2. The van der Waals surface area contributed by atoms with Crippen LogP contribution < -0.4 is 9.46 Å². The van der Waals surface area contributed by atoms with E-state index in [1.54, 1.807) is 37.4 Å². The second-order valence-corrected chi connectivity index (χ2v) is 22.3. The first-order chi connectivity index (χ1) is 26.1. The van der Waals surface area contributed by atoms with Crippen LogP contribution in [0, 0.1) is 16.2 Å². The number of amides is 2. The normalized spacial score (nSPS) is 25.5. The van der Waals surface area contributed by atoms with Gasteiger partial charge >= 0.3 is 0 Å². The van der Waals surface area contributed by atoms with Crippen molar-refractivity contribution in [2.24, 2.45) is 16.2 Å². The molecule has 2 amide bonds. The number of methoxy groups -OCH3 is 1. The Morgan fingerprint density at radius 2 is 1.51 bits per heavy atom. The van der Waals surface area contributed by atoms with Crippen LogP contribution in [0.4, 0.5) is 0 Å². The summed E-state index contributed by atoms with van der Waals surface area (Å²) in [6.45, 7) is 9.37. The minimum Gasteiger partial charge on any atom is -0.497 e. The first-order valence-corrected chi connectivity index (χ1v) is 22.8. The Morgan fingerprint density at radius 3 is 2.07 bits per heavy atom. The van der Waals surface area contributed by atoms with Crippen LogP contribution in [0.15, 0.2) is 42.5 Å². The number of likely N-dealkylation sites (tertiary alicyclic amines) is 1. The van der Waals surface area contributed by atoms with E-state index >= 15 is 0 Å². The van der Waals surface area contributed by atoms with Gasteiger partial charge in [-0.05, 0) is 107 Å². The molecule has 4 heterocycles. The zero-order valence-electron chi connectivity index (χ0n) is 32.6. The van der Waals surface area contributed by atoms with Gasteiger partial charge in [0.25, 0.3) is 5.91 Å². The molecule has 2 aliphatic carbocycles. The van der Waals surface area contributed by atoms with Gasteiger partial charge in [0.2, 0.25) is 26.0 Å². The number of aromatic nitrogens is 1. The maximum atomic E-state index is 14.9. The predicted octanol–water partition coefficient (Wildman–Crippen LogP) is 5.51. The summed E-state index contributed by atoms with van der Waals surface area (Å²) in [7, 11) is -5.67. The number of benzene rings is 2. The van der Waals surface area contributed by atoms with Crippen molar-refractivity contribution in [3.05, 3.63) is 53.6 Å². The summed E-state index contributed by atoms with van der Waals surface area (Å²) in [5.41, 5.74) is 2.69. The van der Waals surface area contributed by atoms with E-state index < -0.39 is 52.7 Å². The lowest BCUT2D eigenvalue weighted by Gasteiger charge is -2.30. The fourth-order valence-electron chi connectivity index (χ4n) is 9.92. The minimum absolute atomic E-state index is 0.0829. The number of hydrogen-bond donors (Lipinski definition) is 1. The van der Waals surface area contributed by atoms with E-state index in [9.17, 15) is 26.4 Å². The Hall–Kier alpha value is -3.46. The molecule has 0 bridgehead atoms. The molecule has 2 atom stereocenters. The van der Waals surface area contributed by atoms with Crippen LogP contribution in [0.2, 0.25) is 0 Å². The molecule has 12 nitrogen and oxygen atoms in total. The first-order valence-electron chi connectivity index (χ1n) is 19.8. The lowest BCUT2D eigenvalue weighted by Crippen LogP contribution is -2.45. The monoisotopic (exact) mass is 794 g/mol. The fourth-order valence-corrected chi connectivity index (χ4v) is 12.0. The molecule has 1 N–H and O–H groups in total. The lowest BCUT2D eigenvalue weighted by atomic mass is 9.71. The van der Waals surface area contributed by atoms with Crippen molar-refractivity contribution in [1.82, 2.24) is 18.5 Å². The van der Waals surface area contributed by atoms with E-state index in [4.69, 9.17) is 9.47 Å². The Balaban J connectivity index is 1.20. The Kier molecular flexibility index (Phi) is 9.49. The summed E-state index contributed by atoms with van der Waals surface area (Å²) in [6.07, 6.45) is 6.90. The van der Waals surface area contributed by atoms with Crippen LogP contribution in [-0.4, -0.2) is 99.4 Å². The Bertz CT molecular complexity index is 2220. The van der Waals surface area contributed by atoms with Crippen molar-refractivity contribution in [3.63, 3.8) is 0 Å². The molecule has 5 aliphatic rings. The van der Waals surface area contributed by atoms with E-state index in [1.165, 1.54) is 25.8 Å². The third kappa shape index (κ3) is 6.29. The van der Waals surface area contributed by atoms with E-state index in [0.29, 0.717) is 58.8 Å². The zero-order chi connectivity index (χ0) is 39.1. The third-order valence-electron chi connectivity index (χ3n) is 13.4. The summed E-state index contributed by atoms with van der Waals surface area (Å²) >= 11 is 0. The molecule has 298 valence electrons. The van der Waals surface area contributed by atoms with Crippen molar-refractivity contribution >= 4 is 42.8 Å². The molecule has 0 radical (unpaired) electrons. The summed E-state index contributed by atoms with van der Waals surface area (Å²) in [6, 6.07) is 13.5. The number of fused-ring (bicyclic) bond motifs is 1. The first kappa shape index (κ1) is 38.4. The second kappa shape index (κ2) is 13.6. The highest BCUT2D eigenvalue weighted by atomic mass is 32.2. The maximum absolute atomic E-state index is 14.9. The lowest BCUT2D eigenvalue weighted by molar-refractivity contribution is -0.137. The van der Waals surface area contributed by atoms with Gasteiger partial charge in [0.05, 0.1) is 41.9 Å². The fraction of sp³-hybridized carbons (Fsp3) is 0.610. The largest absolute Gasteiger partial charge is 0.497 e. The van der Waals surface area contributed by atoms with Gasteiger partial charge in [0.1, 0.15) is 5.75 Å². The summed E-state index contributed by atoms with van der Waals surface area (Å²) in [5.74, 6) is 0.411. The molecule has 55 heavy (non-hydrogen) atoms. The molecule has 2 aromatic carbocycles. The van der Waals surface area contributed by atoms with E-state index in [0.717, 1.165) is 53.6 Å². The number of rotatable bonds is 11. The molecule has 0 spiro atoms. The van der Waals surface area contributed by atoms with Crippen molar-refractivity contribution in [2.75, 3.05) is 46.5 Å². The maximum Gasteiger partial charge on any atom is 0.264 e. The zero-order valence-corrected chi connectivity index (χ0v) is 34.2. The van der Waals surface area contributed by atoms with Crippen LogP contribution >= 0.6 is 0 Å². The molecule has 8 rings (SSSR count). The molecule has 14 heteroatoms. The molecule has 3 aromatic rings. The number of nitrogens with one attached hydrogen (secondary N) is 1. The molecular weight excluding hydrogens is 741 g/mol. The van der Waals surface area contributed by atoms with Crippen LogP contribution in [0.3, 0.4) is 0 Å². The van der Waals surface area contributed by atoms with Gasteiger partial charge in [0.15, 0.2) is 0 Å². The van der Waals surface area contributed by atoms with Crippen molar-refractivity contribution < 1.29 is 35.9 Å². The number of nitrogens with zero attached hydrogens (tertiary/aromatic N) is 3. The van der Waals surface area contributed by atoms with Gasteiger partial charge < -0.3 is 18.9 Å². The van der Waals surface area contributed by atoms with Crippen molar-refractivity contribution in [3.8, 4) is 17.0 Å². The molecule has 3 aliphatic heterocycles. The van der Waals surface area contributed by atoms with E-state index in [1.807, 2.05) is 23.1 Å². The summed E-state index contributed by atoms with van der Waals surface area (Å²) in [5, 5.41) is -0.285. The SMILES string of the molecule is COc1ccc(-c2c(C3CCCCC3)c3ccc(C(=O)NS(=O)(=O)C(C)C)cc3n2CC2(C(=O)N3CC45COCC4(C3)CN(S(=O)(=O)C(C)C)C5)CC2)cc1. The van der Waals surface area contributed by atoms with Crippen molar-refractivity contribution in [2.45, 2.75) is 95.6 Å². The van der Waals surface area contributed by atoms with Gasteiger partial charge in [-0.2, -0.15) is 0 Å². The highest BCUT2D eigenvalue weighted by Crippen LogP contribution is 2.59. The number of sulfonamides is 2. The predicted molar refractivity (Wildman–Crippen MR) is 211 cm³/mol. The average molecular weight is 795 g/mol. The third-order valence-corrected chi connectivity index (χ3v) is 17.3. The molecule has 5 fully saturated rings. The van der Waals surface area contributed by atoms with Gasteiger partial charge in [0, 0.05) is 60.0 Å². The van der Waals surface area contributed by atoms with Gasteiger partial charge in [-0.3, -0.25) is 9.59 Å². The number of carbonyl (C=O) groups excluding carboxylic acids is 2. The minimum atomic E-state index is -3.86. The quantitative estimate of drug-likeness (QED) is 0.268. The van der Waals surface area contributed by atoms with Gasteiger partial charge in [-0.15, -0.1) is 0 Å². The van der Waals surface area contributed by atoms with E-state index in [-0.39, 0.29) is 17.4 Å². The van der Waals surface area contributed by atoms with Crippen LogP contribution in [0.5, 0.6) is 5.75 Å². The summed E-state index contributed by atoms with van der Waals surface area (Å²) < 4.78 is 69.8. The highest BCUT2D eigenvalue weighted by molar-refractivity contribution is 7.90. The molecule has 2 saturated carbocycles. The van der Waals surface area contributed by atoms with Crippen LogP contribution in [0.1, 0.15) is 94.5 Å². The van der Waals surface area contributed by atoms with Gasteiger partial charge in [-0.1, -0.05) is 25.3 Å². The molecular formula is C41H54N4O8S2. The Morgan fingerprint density at radius 1 is 0.873 bits per heavy atom. The van der Waals surface area contributed by atoms with Crippen LogP contribution in [0.25, 0.3) is 22.2 Å². The van der Waals surface area contributed by atoms with E-state index in [2.05, 4.69) is 21.4 Å². The Labute approximate surface area is 325 Å². The topological polar surface area (TPSA) is 144 Å².